The lowest BCUT2D eigenvalue weighted by Gasteiger charge is -2.35. The zero-order valence-corrected chi connectivity index (χ0v) is 39.9. The predicted octanol–water partition coefficient (Wildman–Crippen LogP) is 11.2. The number of likely N-dealkylation sites (N-methyl/N-ethyl adjacent to an activating group) is 1. The minimum absolute atomic E-state index is 0.0178. The summed E-state index contributed by atoms with van der Waals surface area (Å²) in [6, 6.07) is 0. The van der Waals surface area contributed by atoms with Crippen molar-refractivity contribution in [3.05, 3.63) is 0 Å². The number of nitrogens with zero attached hydrogens (tertiary/aromatic N) is 2. The Bertz CT molecular complexity index is 1120. The molecule has 1 aliphatic rings. The number of quaternary nitrogens is 1. The molecule has 0 aromatic carbocycles. The summed E-state index contributed by atoms with van der Waals surface area (Å²) in [5.74, 6) is -1.03. The molecule has 349 valence electrons. The number of ether oxygens (including phenoxy) is 3. The Balaban J connectivity index is 2.60. The summed E-state index contributed by atoms with van der Waals surface area (Å²) < 4.78 is 40.4. The molecule has 0 bridgehead atoms. The highest BCUT2D eigenvalue weighted by Crippen LogP contribution is 2.41. The van der Waals surface area contributed by atoms with Gasteiger partial charge in [0.15, 0.2) is 6.10 Å². The Kier molecular flexibility index (Phi) is 30.8. The van der Waals surface area contributed by atoms with Crippen LogP contribution < -0.4 is 4.89 Å². The third-order valence-electron chi connectivity index (χ3n) is 11.4. The summed E-state index contributed by atoms with van der Waals surface area (Å²) in [5, 5.41) is 14.6. The lowest BCUT2D eigenvalue weighted by molar-refractivity contribution is -0.870. The van der Waals surface area contributed by atoms with E-state index >= 15 is 0 Å². The van der Waals surface area contributed by atoms with Crippen LogP contribution in [0, 0.1) is 0 Å². The van der Waals surface area contributed by atoms with E-state index in [2.05, 4.69) is 13.8 Å². The molecule has 1 aliphatic heterocycles. The van der Waals surface area contributed by atoms with Crippen LogP contribution in [0.25, 0.3) is 0 Å². The summed E-state index contributed by atoms with van der Waals surface area (Å²) in [7, 11) is 1.03. The molecule has 0 aliphatic carbocycles. The maximum atomic E-state index is 13.5. The minimum atomic E-state index is -4.71. The molecule has 1 radical (unpaired) electrons. The molecule has 0 aromatic rings. The minimum Gasteiger partial charge on any atom is -0.756 e. The van der Waals surface area contributed by atoms with Crippen LogP contribution >= 0.6 is 7.82 Å². The Morgan fingerprint density at radius 2 is 1.10 bits per heavy atom. The van der Waals surface area contributed by atoms with Crippen molar-refractivity contribution in [3.63, 3.8) is 0 Å². The molecule has 1 rings (SSSR count). The molecule has 1 saturated heterocycles. The van der Waals surface area contributed by atoms with Crippen LogP contribution in [0.15, 0.2) is 0 Å². The number of phosphoric ester groups is 1. The van der Waals surface area contributed by atoms with E-state index in [1.807, 2.05) is 35.0 Å². The van der Waals surface area contributed by atoms with Gasteiger partial charge < -0.3 is 32.6 Å². The normalized spacial score (nSPS) is 18.5. The lowest BCUT2D eigenvalue weighted by Crippen LogP contribution is -2.49. The molecule has 13 heteroatoms. The molecule has 12 nitrogen and oxygen atoms in total. The highest BCUT2D eigenvalue weighted by Gasteiger charge is 2.52. The predicted molar refractivity (Wildman–Crippen MR) is 234 cm³/mol. The lowest BCUT2D eigenvalue weighted by atomic mass is 9.95. The average molecular weight is 862 g/mol. The molecule has 3 atom stereocenters. The number of phosphoric acid groups is 1. The van der Waals surface area contributed by atoms with Crippen LogP contribution in [0.4, 0.5) is 0 Å². The molecule has 0 aromatic heterocycles. The second-order valence-corrected chi connectivity index (χ2v) is 20.3. The summed E-state index contributed by atoms with van der Waals surface area (Å²) in [6.45, 7) is 8.04. The third kappa shape index (κ3) is 29.0. The molecule has 2 unspecified atom stereocenters. The number of carbonyl (C=O) groups excluding carboxylic acids is 2. The van der Waals surface area contributed by atoms with E-state index in [-0.39, 0.29) is 26.1 Å². The van der Waals surface area contributed by atoms with E-state index < -0.39 is 43.7 Å². The average Bonchev–Trinajstić information content (AvgIpc) is 3.39. The number of hydrogen-bond donors (Lipinski definition) is 0. The van der Waals surface area contributed by atoms with Crippen LogP contribution in [-0.2, 0) is 42.6 Å². The topological polar surface area (TPSA) is 144 Å². The summed E-state index contributed by atoms with van der Waals surface area (Å²) >= 11 is 0. The highest BCUT2D eigenvalue weighted by molar-refractivity contribution is 7.45. The van der Waals surface area contributed by atoms with E-state index in [1.54, 1.807) is 0 Å². The van der Waals surface area contributed by atoms with Crippen LogP contribution in [0.5, 0.6) is 0 Å². The number of rotatable bonds is 40. The zero-order valence-electron chi connectivity index (χ0n) is 39.0. The van der Waals surface area contributed by atoms with E-state index in [9.17, 15) is 24.3 Å². The van der Waals surface area contributed by atoms with E-state index in [4.69, 9.17) is 23.3 Å². The molecule has 59 heavy (non-hydrogen) atoms. The number of unbranched alkanes of at least 4 members (excludes halogenated alkanes) is 22. The molecule has 0 amide bonds. The van der Waals surface area contributed by atoms with Crippen molar-refractivity contribution in [2.75, 3.05) is 54.1 Å². The second kappa shape index (κ2) is 32.5. The van der Waals surface area contributed by atoms with Gasteiger partial charge in [-0.1, -0.05) is 155 Å². The number of hydroxylamine groups is 2. The van der Waals surface area contributed by atoms with Gasteiger partial charge in [0.25, 0.3) is 7.82 Å². The quantitative estimate of drug-likeness (QED) is 0.0253. The molecule has 0 saturated carbocycles. The van der Waals surface area contributed by atoms with Gasteiger partial charge in [-0.15, -0.1) is 10.3 Å². The Morgan fingerprint density at radius 3 is 1.56 bits per heavy atom. The van der Waals surface area contributed by atoms with Gasteiger partial charge >= 0.3 is 11.9 Å². The molecule has 0 spiro atoms. The molecular weight excluding hydrogens is 771 g/mol. The first-order valence-electron chi connectivity index (χ1n) is 23.9. The van der Waals surface area contributed by atoms with Crippen LogP contribution in [0.3, 0.4) is 0 Å². The van der Waals surface area contributed by atoms with E-state index in [1.165, 1.54) is 109 Å². The SMILES string of the molecule is CCCCCCCCCCCCCCCC(=O)OC[C@@H](COP(=O)([O-])OCC[N+](C)(C)C)OC(=O)CCCC1(CCCCCCCCCCCCC)OCC(C)(C)N1[O]. The molecule has 1 heterocycles. The smallest absolute Gasteiger partial charge is 0.306 e. The monoisotopic (exact) mass is 862 g/mol. The second-order valence-electron chi connectivity index (χ2n) is 18.9. The molecule has 1 fully saturated rings. The van der Waals surface area contributed by atoms with Gasteiger partial charge in [-0.05, 0) is 46.0 Å². The Labute approximate surface area is 361 Å². The van der Waals surface area contributed by atoms with Crippen LogP contribution in [0.2, 0.25) is 0 Å². The molecular formula is C46H90N2O10P. The zero-order chi connectivity index (χ0) is 43.9. The van der Waals surface area contributed by atoms with Crippen molar-refractivity contribution in [1.29, 1.82) is 0 Å². The first-order chi connectivity index (χ1) is 28.1. The maximum absolute atomic E-state index is 13.5. The first kappa shape index (κ1) is 55.9. The van der Waals surface area contributed by atoms with Gasteiger partial charge in [-0.25, -0.2) is 0 Å². The Hall–Kier alpha value is -1.11. The van der Waals surface area contributed by atoms with Gasteiger partial charge in [-0.3, -0.25) is 14.2 Å². The van der Waals surface area contributed by atoms with Gasteiger partial charge in [0, 0.05) is 12.8 Å². The van der Waals surface area contributed by atoms with Crippen LogP contribution in [0.1, 0.15) is 214 Å². The van der Waals surface area contributed by atoms with Crippen molar-refractivity contribution in [2.24, 2.45) is 0 Å². The van der Waals surface area contributed by atoms with Gasteiger partial charge in [0.05, 0.1) is 39.9 Å². The Morgan fingerprint density at radius 1 is 0.661 bits per heavy atom. The third-order valence-corrected chi connectivity index (χ3v) is 12.3. The van der Waals surface area contributed by atoms with Crippen molar-refractivity contribution >= 4 is 19.8 Å². The maximum Gasteiger partial charge on any atom is 0.306 e. The van der Waals surface area contributed by atoms with Gasteiger partial charge in [0.1, 0.15) is 25.5 Å². The van der Waals surface area contributed by atoms with Crippen molar-refractivity contribution < 1.29 is 52.0 Å². The fraction of sp³-hybridized carbons (Fsp3) is 0.957. The van der Waals surface area contributed by atoms with E-state index in [0.717, 1.165) is 43.6 Å². The number of hydrogen-bond acceptors (Lipinski definition) is 10. The van der Waals surface area contributed by atoms with Crippen molar-refractivity contribution in [2.45, 2.75) is 231 Å². The van der Waals surface area contributed by atoms with Crippen LogP contribution in [-0.4, -0.2) is 93.0 Å². The van der Waals surface area contributed by atoms with E-state index in [0.29, 0.717) is 43.3 Å². The van der Waals surface area contributed by atoms with Gasteiger partial charge in [0.2, 0.25) is 0 Å². The largest absolute Gasteiger partial charge is 0.756 e. The van der Waals surface area contributed by atoms with Crippen molar-refractivity contribution in [1.82, 2.24) is 5.06 Å². The first-order valence-corrected chi connectivity index (χ1v) is 25.4. The number of esters is 2. The fourth-order valence-corrected chi connectivity index (χ4v) is 8.30. The highest BCUT2D eigenvalue weighted by atomic mass is 31.2. The van der Waals surface area contributed by atoms with Gasteiger partial charge in [-0.2, -0.15) is 0 Å². The standard InChI is InChI=1S/C46H90N2O10P/c1-8-10-12-14-16-18-20-21-22-24-26-28-30-33-43(49)54-39-42(40-57-59(52,53)56-38-37-48(5,6)7)58-44(50)34-32-36-46(47(51)45(3,4)41-55-46)35-31-29-27-25-23-19-17-15-13-11-9-2/h42H,8-41H2,1-7H3/t42-,46?/m0/s1. The van der Waals surface area contributed by atoms with Crippen molar-refractivity contribution in [3.8, 4) is 0 Å². The summed E-state index contributed by atoms with van der Waals surface area (Å²) in [5.41, 5.74) is -1.68. The summed E-state index contributed by atoms with van der Waals surface area (Å²) in [6.07, 6.45) is 29.3. The number of carbonyl (C=O) groups is 2. The molecule has 0 N–H and O–H groups in total. The fourth-order valence-electron chi connectivity index (χ4n) is 7.57. The summed E-state index contributed by atoms with van der Waals surface area (Å²) in [4.78, 5) is 38.3.